The Labute approximate surface area is 232 Å². The number of hydrogen-bond donors (Lipinski definition) is 2. The Morgan fingerprint density at radius 1 is 0.917 bits per heavy atom. The molecule has 5 rings (SSSR count). The topological polar surface area (TPSA) is 63.1 Å². The number of nitrogens with zero attached hydrogens (tertiary/aromatic N) is 1. The second-order valence-electron chi connectivity index (χ2n) is 8.64. The van der Waals surface area contributed by atoms with Crippen molar-refractivity contribution < 1.29 is 9.59 Å². The molecule has 0 saturated heterocycles. The van der Waals surface area contributed by atoms with E-state index in [1.807, 2.05) is 42.1 Å². The van der Waals surface area contributed by atoms with Gasteiger partial charge in [-0.1, -0.05) is 46.9 Å². The highest BCUT2D eigenvalue weighted by atomic mass is 35.5. The van der Waals surface area contributed by atoms with Crippen molar-refractivity contribution in [3.8, 4) is 0 Å². The minimum absolute atomic E-state index is 0.206. The van der Waals surface area contributed by atoms with E-state index in [1.54, 1.807) is 30.3 Å². The molecule has 1 saturated carbocycles. The number of anilines is 2. The van der Waals surface area contributed by atoms with Crippen molar-refractivity contribution in [1.82, 2.24) is 4.57 Å². The number of aromatic nitrogens is 1. The van der Waals surface area contributed by atoms with Crippen LogP contribution in [0.5, 0.6) is 0 Å². The van der Waals surface area contributed by atoms with E-state index >= 15 is 0 Å². The molecule has 5 nitrogen and oxygen atoms in total. The molecule has 184 valence electrons. The fourth-order valence-corrected chi connectivity index (χ4v) is 6.04. The first kappa shape index (κ1) is 25.2. The number of benzene rings is 3. The van der Waals surface area contributed by atoms with E-state index in [1.165, 1.54) is 6.07 Å². The van der Waals surface area contributed by atoms with E-state index in [4.69, 9.17) is 58.0 Å². The fraction of sp³-hybridized carbons (Fsp3) is 0.154. The standard InChI is InChI=1S/C26H18Cl5N3O2/c1-34-8-7-13-3-2-4-20(23(13)34)33-24(35)18-12-17(5-6-19(18)29)32-25(36)22-21(26(22,30)31)14-9-15(27)11-16(28)10-14/h2-12,21-22H,1H3,(H,32,36)(H,33,35). The summed E-state index contributed by atoms with van der Waals surface area (Å²) in [6, 6.07) is 17.2. The third-order valence-corrected chi connectivity index (χ3v) is 7.91. The molecule has 1 fully saturated rings. The Hall–Kier alpha value is -2.41. The Bertz CT molecular complexity index is 1510. The second-order valence-corrected chi connectivity index (χ2v) is 11.4. The number of halogens is 5. The van der Waals surface area contributed by atoms with Gasteiger partial charge >= 0.3 is 0 Å². The maximum atomic E-state index is 13.1. The molecule has 10 heteroatoms. The number of amides is 2. The third-order valence-electron chi connectivity index (χ3n) is 6.20. The highest BCUT2D eigenvalue weighted by Crippen LogP contribution is 2.65. The summed E-state index contributed by atoms with van der Waals surface area (Å²) in [7, 11) is 1.90. The van der Waals surface area contributed by atoms with Gasteiger partial charge in [0.15, 0.2) is 0 Å². The van der Waals surface area contributed by atoms with Crippen LogP contribution in [0.15, 0.2) is 66.9 Å². The molecule has 1 heterocycles. The zero-order valence-corrected chi connectivity index (χ0v) is 22.4. The van der Waals surface area contributed by atoms with E-state index in [0.29, 0.717) is 27.0 Å². The van der Waals surface area contributed by atoms with E-state index < -0.39 is 28.0 Å². The van der Waals surface area contributed by atoms with Crippen LogP contribution in [0.3, 0.4) is 0 Å². The molecule has 0 radical (unpaired) electrons. The summed E-state index contributed by atoms with van der Waals surface area (Å²) < 4.78 is 0.603. The highest BCUT2D eigenvalue weighted by molar-refractivity contribution is 6.53. The number of carbonyl (C=O) groups excluding carboxylic acids is 2. The van der Waals surface area contributed by atoms with Gasteiger partial charge in [-0.15, -0.1) is 23.2 Å². The molecule has 3 aromatic carbocycles. The van der Waals surface area contributed by atoms with Crippen LogP contribution in [-0.2, 0) is 11.8 Å². The molecule has 2 N–H and O–H groups in total. The van der Waals surface area contributed by atoms with Crippen molar-refractivity contribution in [3.63, 3.8) is 0 Å². The van der Waals surface area contributed by atoms with Gasteiger partial charge in [-0.05, 0) is 54.1 Å². The molecule has 0 bridgehead atoms. The van der Waals surface area contributed by atoms with Gasteiger partial charge in [0.25, 0.3) is 5.91 Å². The summed E-state index contributed by atoms with van der Waals surface area (Å²) in [4.78, 5) is 26.2. The third kappa shape index (κ3) is 4.67. The van der Waals surface area contributed by atoms with E-state index in [0.717, 1.165) is 10.9 Å². The monoisotopic (exact) mass is 579 g/mol. The number of fused-ring (bicyclic) bond motifs is 1. The lowest BCUT2D eigenvalue weighted by atomic mass is 10.1. The van der Waals surface area contributed by atoms with Gasteiger partial charge in [-0.3, -0.25) is 9.59 Å². The number of hydrogen-bond acceptors (Lipinski definition) is 2. The quantitative estimate of drug-likeness (QED) is 0.235. The summed E-state index contributed by atoms with van der Waals surface area (Å²) >= 11 is 31.4. The number of nitrogens with one attached hydrogen (secondary N) is 2. The van der Waals surface area contributed by atoms with Crippen LogP contribution >= 0.6 is 58.0 Å². The first-order chi connectivity index (χ1) is 17.1. The minimum Gasteiger partial charge on any atom is -0.349 e. The summed E-state index contributed by atoms with van der Waals surface area (Å²) in [6.45, 7) is 0. The lowest BCUT2D eigenvalue weighted by molar-refractivity contribution is -0.117. The molecule has 1 aliphatic rings. The summed E-state index contributed by atoms with van der Waals surface area (Å²) in [5.74, 6) is -2.04. The average molecular weight is 582 g/mol. The van der Waals surface area contributed by atoms with Gasteiger partial charge < -0.3 is 15.2 Å². The molecule has 2 amide bonds. The van der Waals surface area contributed by atoms with Crippen LogP contribution in [0, 0.1) is 5.92 Å². The van der Waals surface area contributed by atoms with Gasteiger partial charge in [0.1, 0.15) is 4.33 Å². The zero-order chi connectivity index (χ0) is 25.8. The van der Waals surface area contributed by atoms with Crippen LogP contribution in [0.4, 0.5) is 11.4 Å². The molecule has 4 aromatic rings. The van der Waals surface area contributed by atoms with Crippen molar-refractivity contribution in [1.29, 1.82) is 0 Å². The molecular weight excluding hydrogens is 564 g/mol. The second kappa shape index (κ2) is 9.47. The van der Waals surface area contributed by atoms with Gasteiger partial charge in [0, 0.05) is 40.3 Å². The van der Waals surface area contributed by atoms with Crippen molar-refractivity contribution in [3.05, 3.63) is 93.1 Å². The van der Waals surface area contributed by atoms with E-state index in [-0.39, 0.29) is 10.6 Å². The maximum absolute atomic E-state index is 13.1. The number of carbonyl (C=O) groups is 2. The predicted octanol–water partition coefficient (Wildman–Crippen LogP) is 7.92. The molecule has 0 aliphatic heterocycles. The molecule has 0 spiro atoms. The van der Waals surface area contributed by atoms with E-state index in [9.17, 15) is 9.59 Å². The zero-order valence-electron chi connectivity index (χ0n) is 18.7. The van der Waals surface area contributed by atoms with Gasteiger partial charge in [-0.25, -0.2) is 0 Å². The molecule has 36 heavy (non-hydrogen) atoms. The lowest BCUT2D eigenvalue weighted by Crippen LogP contribution is -2.18. The fourth-order valence-electron chi connectivity index (χ4n) is 4.47. The Balaban J connectivity index is 1.36. The number of alkyl halides is 2. The summed E-state index contributed by atoms with van der Waals surface area (Å²) in [5.41, 5.74) is 2.78. The molecule has 1 aromatic heterocycles. The van der Waals surface area contributed by atoms with E-state index in [2.05, 4.69) is 10.6 Å². The normalized spacial score (nSPS) is 18.2. The van der Waals surface area contributed by atoms with Gasteiger partial charge in [-0.2, -0.15) is 0 Å². The van der Waals surface area contributed by atoms with Crippen LogP contribution in [-0.4, -0.2) is 20.7 Å². The molecule has 2 unspecified atom stereocenters. The average Bonchev–Trinajstić information content (AvgIpc) is 3.19. The molecular formula is C26H18Cl5N3O2. The van der Waals surface area contributed by atoms with Gasteiger partial charge in [0.2, 0.25) is 5.91 Å². The van der Waals surface area contributed by atoms with Crippen LogP contribution < -0.4 is 10.6 Å². The number of rotatable bonds is 5. The van der Waals surface area contributed by atoms with Crippen LogP contribution in [0.25, 0.3) is 10.9 Å². The van der Waals surface area contributed by atoms with Crippen molar-refractivity contribution in [2.75, 3.05) is 10.6 Å². The Morgan fingerprint density at radius 3 is 2.36 bits per heavy atom. The Morgan fingerprint density at radius 2 is 1.64 bits per heavy atom. The van der Waals surface area contributed by atoms with Crippen molar-refractivity contribution in [2.24, 2.45) is 13.0 Å². The highest BCUT2D eigenvalue weighted by Gasteiger charge is 2.67. The summed E-state index contributed by atoms with van der Waals surface area (Å²) in [5, 5.41) is 7.79. The van der Waals surface area contributed by atoms with Gasteiger partial charge in [0.05, 0.1) is 27.7 Å². The Kier molecular flexibility index (Phi) is 6.64. The summed E-state index contributed by atoms with van der Waals surface area (Å²) in [6.07, 6.45) is 1.92. The van der Waals surface area contributed by atoms with Crippen LogP contribution in [0.2, 0.25) is 15.1 Å². The molecule has 1 aliphatic carbocycles. The smallest absolute Gasteiger partial charge is 0.257 e. The maximum Gasteiger partial charge on any atom is 0.257 e. The minimum atomic E-state index is -1.32. The first-order valence-corrected chi connectivity index (χ1v) is 12.7. The molecule has 2 atom stereocenters. The number of aryl methyl sites for hydroxylation is 1. The largest absolute Gasteiger partial charge is 0.349 e. The van der Waals surface area contributed by atoms with Crippen LogP contribution in [0.1, 0.15) is 21.8 Å². The first-order valence-electron chi connectivity index (χ1n) is 10.9. The SMILES string of the molecule is Cn1ccc2cccc(NC(=O)c3cc(NC(=O)C4C(c5cc(Cl)cc(Cl)c5)C4(Cl)Cl)ccc3Cl)c21. The number of para-hydroxylation sites is 1. The van der Waals surface area contributed by atoms with Crippen molar-refractivity contribution >= 4 is 92.1 Å². The van der Waals surface area contributed by atoms with Crippen molar-refractivity contribution in [2.45, 2.75) is 10.3 Å². The lowest BCUT2D eigenvalue weighted by Gasteiger charge is -2.12. The predicted molar refractivity (Wildman–Crippen MR) is 148 cm³/mol.